The Bertz CT molecular complexity index is 866. The normalized spacial score (nSPS) is 10.7. The highest BCUT2D eigenvalue weighted by Gasteiger charge is 2.05. The minimum atomic E-state index is 0.116. The summed E-state index contributed by atoms with van der Waals surface area (Å²) in [5, 5.41) is 7.52. The third-order valence-electron chi connectivity index (χ3n) is 4.64. The number of carbonyl (C=O) groups is 1. The van der Waals surface area contributed by atoms with Crippen molar-refractivity contribution < 1.29 is 4.79 Å². The van der Waals surface area contributed by atoms with Crippen LogP contribution < -0.4 is 5.32 Å². The van der Waals surface area contributed by atoms with E-state index < -0.39 is 0 Å². The molecule has 0 radical (unpaired) electrons. The smallest absolute Gasteiger partial charge is 0.220 e. The fourth-order valence-electron chi connectivity index (χ4n) is 3.21. The van der Waals surface area contributed by atoms with Gasteiger partial charge in [0.05, 0.1) is 11.4 Å². The average molecular weight is 361 g/mol. The van der Waals surface area contributed by atoms with E-state index in [1.165, 1.54) is 11.1 Å². The van der Waals surface area contributed by atoms with Crippen molar-refractivity contribution >= 4 is 5.91 Å². The van der Waals surface area contributed by atoms with Crippen molar-refractivity contribution in [3.63, 3.8) is 0 Å². The molecule has 1 amide bonds. The van der Waals surface area contributed by atoms with Gasteiger partial charge in [0.15, 0.2) is 0 Å². The van der Waals surface area contributed by atoms with Crippen molar-refractivity contribution in [1.29, 1.82) is 0 Å². The van der Waals surface area contributed by atoms with Crippen molar-refractivity contribution in [2.24, 2.45) is 0 Å². The van der Waals surface area contributed by atoms with E-state index in [1.54, 1.807) is 0 Å². The number of nitrogens with zero attached hydrogens (tertiary/aromatic N) is 2. The molecule has 1 aromatic heterocycles. The Morgan fingerprint density at radius 3 is 2.33 bits per heavy atom. The van der Waals surface area contributed by atoms with Gasteiger partial charge in [0.1, 0.15) is 0 Å². The Morgan fingerprint density at radius 1 is 0.963 bits per heavy atom. The van der Waals surface area contributed by atoms with Crippen molar-refractivity contribution in [2.45, 2.75) is 39.5 Å². The van der Waals surface area contributed by atoms with E-state index in [1.807, 2.05) is 29.8 Å². The molecule has 27 heavy (non-hydrogen) atoms. The van der Waals surface area contributed by atoms with Crippen LogP contribution in [0.3, 0.4) is 0 Å². The lowest BCUT2D eigenvalue weighted by Crippen LogP contribution is -2.24. The van der Waals surface area contributed by atoms with Crippen LogP contribution in [0.5, 0.6) is 0 Å². The fourth-order valence-corrected chi connectivity index (χ4v) is 3.21. The molecule has 0 saturated carbocycles. The number of hydrogen-bond donors (Lipinski definition) is 1. The third kappa shape index (κ3) is 5.55. The molecule has 0 fully saturated rings. The monoisotopic (exact) mass is 361 g/mol. The molecule has 0 bridgehead atoms. The molecular weight excluding hydrogens is 334 g/mol. The average Bonchev–Trinajstić information content (AvgIpc) is 3.03. The number of rotatable bonds is 8. The van der Waals surface area contributed by atoms with Gasteiger partial charge in [-0.1, -0.05) is 42.5 Å². The van der Waals surface area contributed by atoms with Crippen LogP contribution >= 0.6 is 0 Å². The Labute approximate surface area is 161 Å². The SMILES string of the molecule is Cc1cc(C)n(-c2ccc(CCC(=O)NCCCc3ccccc3)cc2)n1. The molecule has 0 spiro atoms. The third-order valence-corrected chi connectivity index (χ3v) is 4.64. The molecule has 4 heteroatoms. The van der Waals surface area contributed by atoms with Gasteiger partial charge in [-0.05, 0) is 62.4 Å². The van der Waals surface area contributed by atoms with Gasteiger partial charge < -0.3 is 5.32 Å². The Balaban J connectivity index is 1.40. The van der Waals surface area contributed by atoms with Gasteiger partial charge in [0.2, 0.25) is 5.91 Å². The van der Waals surface area contributed by atoms with Gasteiger partial charge in [-0.3, -0.25) is 4.79 Å². The summed E-state index contributed by atoms with van der Waals surface area (Å²) in [4.78, 5) is 12.0. The van der Waals surface area contributed by atoms with Crippen LogP contribution in [-0.2, 0) is 17.6 Å². The molecule has 140 valence electrons. The van der Waals surface area contributed by atoms with Gasteiger partial charge in [-0.25, -0.2) is 4.68 Å². The molecule has 0 saturated heterocycles. The standard InChI is InChI=1S/C23H27N3O/c1-18-17-19(2)26(25-18)22-13-10-21(11-14-22)12-15-23(27)24-16-6-9-20-7-4-3-5-8-20/h3-5,7-8,10-11,13-14,17H,6,9,12,15-16H2,1-2H3,(H,24,27). The molecule has 1 N–H and O–H groups in total. The summed E-state index contributed by atoms with van der Waals surface area (Å²) >= 11 is 0. The van der Waals surface area contributed by atoms with Crippen LogP contribution in [0.1, 0.15) is 35.4 Å². The minimum absolute atomic E-state index is 0.116. The summed E-state index contributed by atoms with van der Waals surface area (Å²) < 4.78 is 1.94. The number of aryl methyl sites for hydroxylation is 4. The van der Waals surface area contributed by atoms with Crippen molar-refractivity contribution in [3.05, 3.63) is 83.2 Å². The summed E-state index contributed by atoms with van der Waals surface area (Å²) in [5.74, 6) is 0.116. The van der Waals surface area contributed by atoms with Crippen LogP contribution in [0, 0.1) is 13.8 Å². The van der Waals surface area contributed by atoms with E-state index in [9.17, 15) is 4.79 Å². The van der Waals surface area contributed by atoms with Crippen molar-refractivity contribution in [1.82, 2.24) is 15.1 Å². The lowest BCUT2D eigenvalue weighted by atomic mass is 10.1. The molecule has 0 aliphatic rings. The lowest BCUT2D eigenvalue weighted by Gasteiger charge is -2.07. The van der Waals surface area contributed by atoms with Crippen molar-refractivity contribution in [3.8, 4) is 5.69 Å². The second-order valence-corrected chi connectivity index (χ2v) is 6.94. The number of carbonyl (C=O) groups excluding carboxylic acids is 1. The van der Waals surface area contributed by atoms with Crippen LogP contribution in [0.15, 0.2) is 60.7 Å². The molecule has 0 atom stereocenters. The van der Waals surface area contributed by atoms with Gasteiger partial charge in [0.25, 0.3) is 0 Å². The van der Waals surface area contributed by atoms with Crippen LogP contribution in [-0.4, -0.2) is 22.2 Å². The fraction of sp³-hybridized carbons (Fsp3) is 0.304. The predicted molar refractivity (Wildman–Crippen MR) is 109 cm³/mol. The van der Waals surface area contributed by atoms with E-state index in [2.05, 4.69) is 59.8 Å². The van der Waals surface area contributed by atoms with Crippen LogP contribution in [0.25, 0.3) is 5.69 Å². The first-order valence-electron chi connectivity index (χ1n) is 9.55. The molecule has 0 aliphatic carbocycles. The zero-order valence-corrected chi connectivity index (χ0v) is 16.1. The molecule has 2 aromatic carbocycles. The molecule has 0 unspecified atom stereocenters. The maximum Gasteiger partial charge on any atom is 0.220 e. The summed E-state index contributed by atoms with van der Waals surface area (Å²) in [6, 6.07) is 20.7. The van der Waals surface area contributed by atoms with E-state index in [0.29, 0.717) is 6.42 Å². The molecule has 1 heterocycles. The lowest BCUT2D eigenvalue weighted by molar-refractivity contribution is -0.121. The molecule has 3 aromatic rings. The summed E-state index contributed by atoms with van der Waals surface area (Å²) in [7, 11) is 0. The Morgan fingerprint density at radius 2 is 1.67 bits per heavy atom. The second-order valence-electron chi connectivity index (χ2n) is 6.94. The van der Waals surface area contributed by atoms with E-state index in [-0.39, 0.29) is 5.91 Å². The Kier molecular flexibility index (Phi) is 6.42. The van der Waals surface area contributed by atoms with E-state index >= 15 is 0 Å². The van der Waals surface area contributed by atoms with E-state index in [0.717, 1.165) is 42.9 Å². The number of amides is 1. The van der Waals surface area contributed by atoms with E-state index in [4.69, 9.17) is 0 Å². The van der Waals surface area contributed by atoms with Gasteiger partial charge in [0, 0.05) is 18.7 Å². The van der Waals surface area contributed by atoms with Gasteiger partial charge >= 0.3 is 0 Å². The molecular formula is C23H27N3O. The first kappa shape index (κ1) is 18.9. The first-order chi connectivity index (χ1) is 13.1. The largest absolute Gasteiger partial charge is 0.356 e. The number of benzene rings is 2. The first-order valence-corrected chi connectivity index (χ1v) is 9.55. The van der Waals surface area contributed by atoms with Crippen LogP contribution in [0.2, 0.25) is 0 Å². The minimum Gasteiger partial charge on any atom is -0.356 e. The molecule has 0 aliphatic heterocycles. The van der Waals surface area contributed by atoms with Gasteiger partial charge in [-0.15, -0.1) is 0 Å². The highest BCUT2D eigenvalue weighted by molar-refractivity contribution is 5.76. The maximum atomic E-state index is 12.0. The Hall–Kier alpha value is -2.88. The number of hydrogen-bond acceptors (Lipinski definition) is 2. The zero-order chi connectivity index (χ0) is 19.1. The summed E-state index contributed by atoms with van der Waals surface area (Å²) in [6.07, 6.45) is 3.23. The molecule has 3 rings (SSSR count). The highest BCUT2D eigenvalue weighted by atomic mass is 16.1. The number of aromatic nitrogens is 2. The van der Waals surface area contributed by atoms with Crippen LogP contribution in [0.4, 0.5) is 0 Å². The maximum absolute atomic E-state index is 12.0. The topological polar surface area (TPSA) is 46.9 Å². The second kappa shape index (κ2) is 9.17. The predicted octanol–water partition coefficient (Wildman–Crippen LogP) is 4.17. The van der Waals surface area contributed by atoms with Crippen molar-refractivity contribution in [2.75, 3.05) is 6.54 Å². The summed E-state index contributed by atoms with van der Waals surface area (Å²) in [6.45, 7) is 4.77. The zero-order valence-electron chi connectivity index (χ0n) is 16.1. The van der Waals surface area contributed by atoms with Gasteiger partial charge in [-0.2, -0.15) is 5.10 Å². The molecule has 4 nitrogen and oxygen atoms in total. The quantitative estimate of drug-likeness (QED) is 0.612. The number of nitrogens with one attached hydrogen (secondary N) is 1. The highest BCUT2D eigenvalue weighted by Crippen LogP contribution is 2.14. The summed E-state index contributed by atoms with van der Waals surface area (Å²) in [5.41, 5.74) is 5.67.